The van der Waals surface area contributed by atoms with Crippen LogP contribution in [0.3, 0.4) is 0 Å². The standard InChI is InChI=1S/C14H20ClNO2/c1-10(16)6-11-2-3-14(13(15)7-11)18-9-12-4-5-17-8-12/h2-3,7,10,12H,4-6,8-9,16H2,1H3. The number of nitrogens with two attached hydrogens (primary N) is 1. The van der Waals surface area contributed by atoms with Crippen molar-refractivity contribution in [3.05, 3.63) is 28.8 Å². The summed E-state index contributed by atoms with van der Waals surface area (Å²) < 4.78 is 11.0. The minimum atomic E-state index is 0.142. The molecule has 1 saturated heterocycles. The second-order valence-corrected chi connectivity index (χ2v) is 5.39. The summed E-state index contributed by atoms with van der Waals surface area (Å²) in [6.07, 6.45) is 1.90. The second kappa shape index (κ2) is 6.41. The molecule has 2 N–H and O–H groups in total. The first-order valence-electron chi connectivity index (χ1n) is 6.39. The number of ether oxygens (including phenoxy) is 2. The van der Waals surface area contributed by atoms with Crippen LogP contribution in [-0.4, -0.2) is 25.9 Å². The molecule has 4 heteroatoms. The number of benzene rings is 1. The van der Waals surface area contributed by atoms with Gasteiger partial charge in [0.2, 0.25) is 0 Å². The molecule has 0 saturated carbocycles. The Hall–Kier alpha value is -0.770. The van der Waals surface area contributed by atoms with Gasteiger partial charge in [0.25, 0.3) is 0 Å². The molecule has 1 fully saturated rings. The van der Waals surface area contributed by atoms with Crippen molar-refractivity contribution in [2.24, 2.45) is 11.7 Å². The normalized spacial score (nSPS) is 20.9. The van der Waals surface area contributed by atoms with Gasteiger partial charge in [0, 0.05) is 18.6 Å². The fraction of sp³-hybridized carbons (Fsp3) is 0.571. The maximum atomic E-state index is 6.20. The van der Waals surface area contributed by atoms with Crippen molar-refractivity contribution < 1.29 is 9.47 Å². The van der Waals surface area contributed by atoms with Gasteiger partial charge in [-0.25, -0.2) is 0 Å². The Morgan fingerprint density at radius 2 is 2.39 bits per heavy atom. The highest BCUT2D eigenvalue weighted by Crippen LogP contribution is 2.27. The molecule has 3 nitrogen and oxygen atoms in total. The molecule has 0 bridgehead atoms. The van der Waals surface area contributed by atoms with E-state index in [0.29, 0.717) is 17.5 Å². The Labute approximate surface area is 113 Å². The largest absolute Gasteiger partial charge is 0.492 e. The second-order valence-electron chi connectivity index (χ2n) is 4.99. The van der Waals surface area contributed by atoms with E-state index in [1.165, 1.54) is 0 Å². The van der Waals surface area contributed by atoms with Gasteiger partial charge in [-0.2, -0.15) is 0 Å². The zero-order chi connectivity index (χ0) is 13.0. The lowest BCUT2D eigenvalue weighted by Gasteiger charge is -2.13. The van der Waals surface area contributed by atoms with Gasteiger partial charge in [0.15, 0.2) is 0 Å². The third-order valence-electron chi connectivity index (χ3n) is 3.05. The molecular formula is C14H20ClNO2. The van der Waals surface area contributed by atoms with Crippen molar-refractivity contribution >= 4 is 11.6 Å². The zero-order valence-corrected chi connectivity index (χ0v) is 11.5. The van der Waals surface area contributed by atoms with Gasteiger partial charge in [0.1, 0.15) is 5.75 Å². The van der Waals surface area contributed by atoms with Crippen molar-refractivity contribution in [1.29, 1.82) is 0 Å². The van der Waals surface area contributed by atoms with Crippen molar-refractivity contribution in [1.82, 2.24) is 0 Å². The summed E-state index contributed by atoms with van der Waals surface area (Å²) in [5, 5.41) is 0.659. The Morgan fingerprint density at radius 1 is 1.56 bits per heavy atom. The van der Waals surface area contributed by atoms with Crippen LogP contribution in [0, 0.1) is 5.92 Å². The van der Waals surface area contributed by atoms with Crippen LogP contribution in [-0.2, 0) is 11.2 Å². The third-order valence-corrected chi connectivity index (χ3v) is 3.35. The molecule has 2 rings (SSSR count). The van der Waals surface area contributed by atoms with Gasteiger partial charge in [-0.1, -0.05) is 17.7 Å². The van der Waals surface area contributed by atoms with Crippen molar-refractivity contribution in [2.45, 2.75) is 25.8 Å². The highest BCUT2D eigenvalue weighted by Gasteiger charge is 2.16. The minimum Gasteiger partial charge on any atom is -0.492 e. The number of rotatable bonds is 5. The summed E-state index contributed by atoms with van der Waals surface area (Å²) in [6.45, 7) is 4.29. The van der Waals surface area contributed by atoms with E-state index in [-0.39, 0.29) is 6.04 Å². The van der Waals surface area contributed by atoms with Crippen LogP contribution in [0.4, 0.5) is 0 Å². The summed E-state index contributed by atoms with van der Waals surface area (Å²) in [6, 6.07) is 6.03. The monoisotopic (exact) mass is 269 g/mol. The molecule has 1 aromatic rings. The number of hydrogen-bond acceptors (Lipinski definition) is 3. The summed E-state index contributed by atoms with van der Waals surface area (Å²) in [4.78, 5) is 0. The van der Waals surface area contributed by atoms with Gasteiger partial charge in [0.05, 0.1) is 18.2 Å². The first-order valence-corrected chi connectivity index (χ1v) is 6.77. The molecule has 1 aromatic carbocycles. The van der Waals surface area contributed by atoms with E-state index < -0.39 is 0 Å². The minimum absolute atomic E-state index is 0.142. The van der Waals surface area contributed by atoms with Crippen LogP contribution in [0.2, 0.25) is 5.02 Å². The molecule has 1 aliphatic heterocycles. The molecule has 0 amide bonds. The van der Waals surface area contributed by atoms with E-state index in [1.54, 1.807) is 0 Å². The van der Waals surface area contributed by atoms with Gasteiger partial charge in [-0.05, 0) is 37.5 Å². The summed E-state index contributed by atoms with van der Waals surface area (Å²) in [7, 11) is 0. The smallest absolute Gasteiger partial charge is 0.137 e. The van der Waals surface area contributed by atoms with E-state index in [9.17, 15) is 0 Å². The van der Waals surface area contributed by atoms with E-state index >= 15 is 0 Å². The average molecular weight is 270 g/mol. The Kier molecular flexibility index (Phi) is 4.87. The van der Waals surface area contributed by atoms with E-state index in [0.717, 1.165) is 37.4 Å². The molecule has 0 aliphatic carbocycles. The molecule has 0 spiro atoms. The van der Waals surface area contributed by atoms with E-state index in [2.05, 4.69) is 0 Å². The maximum Gasteiger partial charge on any atom is 0.137 e. The first kappa shape index (κ1) is 13.7. The predicted octanol–water partition coefficient (Wildman–Crippen LogP) is 2.65. The van der Waals surface area contributed by atoms with Gasteiger partial charge in [-0.15, -0.1) is 0 Å². The molecule has 2 atom stereocenters. The van der Waals surface area contributed by atoms with Crippen molar-refractivity contribution in [3.8, 4) is 5.75 Å². The summed E-state index contributed by atoms with van der Waals surface area (Å²) in [5.74, 6) is 1.24. The third kappa shape index (κ3) is 3.87. The Balaban J connectivity index is 1.92. The molecule has 1 heterocycles. The van der Waals surface area contributed by atoms with Crippen LogP contribution in [0.5, 0.6) is 5.75 Å². The van der Waals surface area contributed by atoms with Gasteiger partial charge >= 0.3 is 0 Å². The fourth-order valence-electron chi connectivity index (χ4n) is 2.08. The number of halogens is 1. The zero-order valence-electron chi connectivity index (χ0n) is 10.7. The van der Waals surface area contributed by atoms with Gasteiger partial charge < -0.3 is 15.2 Å². The van der Waals surface area contributed by atoms with Crippen LogP contribution in [0.25, 0.3) is 0 Å². The van der Waals surface area contributed by atoms with Crippen LogP contribution < -0.4 is 10.5 Å². The van der Waals surface area contributed by atoms with Crippen molar-refractivity contribution in [2.75, 3.05) is 19.8 Å². The lowest BCUT2D eigenvalue weighted by atomic mass is 10.1. The lowest BCUT2D eigenvalue weighted by Crippen LogP contribution is -2.17. The van der Waals surface area contributed by atoms with Gasteiger partial charge in [-0.3, -0.25) is 0 Å². The van der Waals surface area contributed by atoms with E-state index in [4.69, 9.17) is 26.8 Å². The first-order chi connectivity index (χ1) is 8.65. The van der Waals surface area contributed by atoms with Crippen molar-refractivity contribution in [3.63, 3.8) is 0 Å². The molecule has 1 aliphatic rings. The quantitative estimate of drug-likeness (QED) is 0.894. The lowest BCUT2D eigenvalue weighted by molar-refractivity contribution is 0.167. The van der Waals surface area contributed by atoms with E-state index in [1.807, 2.05) is 25.1 Å². The van der Waals surface area contributed by atoms with Crippen LogP contribution in [0.15, 0.2) is 18.2 Å². The highest BCUT2D eigenvalue weighted by molar-refractivity contribution is 6.32. The summed E-state index contributed by atoms with van der Waals surface area (Å²) >= 11 is 6.20. The fourth-order valence-corrected chi connectivity index (χ4v) is 2.34. The molecule has 0 aromatic heterocycles. The van der Waals surface area contributed by atoms with Crippen LogP contribution in [0.1, 0.15) is 18.9 Å². The summed E-state index contributed by atoms with van der Waals surface area (Å²) in [5.41, 5.74) is 6.91. The Morgan fingerprint density at radius 3 is 3.00 bits per heavy atom. The maximum absolute atomic E-state index is 6.20. The molecule has 0 radical (unpaired) electrons. The Bertz CT molecular complexity index is 389. The molecular weight excluding hydrogens is 250 g/mol. The average Bonchev–Trinajstić information content (AvgIpc) is 2.80. The highest BCUT2D eigenvalue weighted by atomic mass is 35.5. The number of hydrogen-bond donors (Lipinski definition) is 1. The molecule has 18 heavy (non-hydrogen) atoms. The topological polar surface area (TPSA) is 44.5 Å². The molecule has 2 unspecified atom stereocenters. The molecule has 100 valence electrons. The predicted molar refractivity (Wildman–Crippen MR) is 73.2 cm³/mol. The SMILES string of the molecule is CC(N)Cc1ccc(OCC2CCOC2)c(Cl)c1. The van der Waals surface area contributed by atoms with Crippen LogP contribution >= 0.6 is 11.6 Å².